The molecule has 0 unspecified atom stereocenters. The lowest BCUT2D eigenvalue weighted by Gasteiger charge is -2.03. The van der Waals surface area contributed by atoms with Crippen LogP contribution < -0.4 is 5.73 Å². The van der Waals surface area contributed by atoms with E-state index < -0.39 is 0 Å². The van der Waals surface area contributed by atoms with Gasteiger partial charge in [-0.2, -0.15) is 0 Å². The third-order valence-electron chi connectivity index (χ3n) is 3.02. The molecule has 0 bridgehead atoms. The number of aryl methyl sites for hydroxylation is 2. The van der Waals surface area contributed by atoms with Crippen molar-refractivity contribution in [2.75, 3.05) is 5.73 Å². The van der Waals surface area contributed by atoms with Crippen molar-refractivity contribution in [2.24, 2.45) is 0 Å². The van der Waals surface area contributed by atoms with Crippen LogP contribution in [0.1, 0.15) is 30.2 Å². The number of unbranched alkanes of at least 4 members (excludes halogenated alkanes) is 1. The molecule has 0 radical (unpaired) electrons. The second-order valence-electron chi connectivity index (χ2n) is 4.42. The van der Waals surface area contributed by atoms with Gasteiger partial charge in [0.15, 0.2) is 0 Å². The molecule has 2 rings (SSSR count). The molecule has 17 heavy (non-hydrogen) atoms. The van der Waals surface area contributed by atoms with Gasteiger partial charge in [-0.1, -0.05) is 37.6 Å². The molecule has 0 amide bonds. The van der Waals surface area contributed by atoms with Gasteiger partial charge in [0.2, 0.25) is 0 Å². The molecule has 0 spiro atoms. The van der Waals surface area contributed by atoms with Crippen molar-refractivity contribution in [3.63, 3.8) is 0 Å². The van der Waals surface area contributed by atoms with Crippen LogP contribution in [0.2, 0.25) is 0 Å². The van der Waals surface area contributed by atoms with Gasteiger partial charge >= 0.3 is 0 Å². The Hall–Kier alpha value is -1.28. The van der Waals surface area contributed by atoms with Crippen LogP contribution in [0.5, 0.6) is 0 Å². The average Bonchev–Trinajstić information content (AvgIpc) is 2.66. The summed E-state index contributed by atoms with van der Waals surface area (Å²) in [5.74, 6) is 0. The van der Waals surface area contributed by atoms with Crippen molar-refractivity contribution in [1.29, 1.82) is 0 Å². The van der Waals surface area contributed by atoms with E-state index in [0.29, 0.717) is 0 Å². The fourth-order valence-corrected chi connectivity index (χ4v) is 2.84. The Bertz CT molecular complexity index is 482. The zero-order valence-electron chi connectivity index (χ0n) is 10.5. The van der Waals surface area contributed by atoms with E-state index in [2.05, 4.69) is 44.2 Å². The number of hydrogen-bond acceptors (Lipinski definition) is 2. The molecule has 1 aromatic carbocycles. The molecule has 0 saturated carbocycles. The largest absolute Gasteiger partial charge is 0.391 e. The van der Waals surface area contributed by atoms with Gasteiger partial charge in [-0.15, -0.1) is 11.3 Å². The fourth-order valence-electron chi connectivity index (χ4n) is 2.02. The Labute approximate surface area is 107 Å². The average molecular weight is 245 g/mol. The van der Waals surface area contributed by atoms with E-state index in [1.165, 1.54) is 40.8 Å². The number of benzene rings is 1. The summed E-state index contributed by atoms with van der Waals surface area (Å²) >= 11 is 1.66. The summed E-state index contributed by atoms with van der Waals surface area (Å²) in [7, 11) is 0. The lowest BCUT2D eigenvalue weighted by Crippen LogP contribution is -1.85. The summed E-state index contributed by atoms with van der Waals surface area (Å²) in [5.41, 5.74) is 9.80. The van der Waals surface area contributed by atoms with Crippen molar-refractivity contribution in [3.05, 3.63) is 40.8 Å². The van der Waals surface area contributed by atoms with Gasteiger partial charge in [-0.3, -0.25) is 0 Å². The topological polar surface area (TPSA) is 26.0 Å². The van der Waals surface area contributed by atoms with Gasteiger partial charge in [0.1, 0.15) is 0 Å². The molecule has 0 aliphatic heterocycles. The highest BCUT2D eigenvalue weighted by Gasteiger charge is 2.05. The zero-order valence-corrected chi connectivity index (χ0v) is 11.3. The zero-order chi connectivity index (χ0) is 12.3. The maximum Gasteiger partial charge on any atom is 0.0865 e. The summed E-state index contributed by atoms with van der Waals surface area (Å²) in [5, 5.41) is 0.896. The van der Waals surface area contributed by atoms with E-state index in [9.17, 15) is 0 Å². The van der Waals surface area contributed by atoms with Gasteiger partial charge in [0.25, 0.3) is 0 Å². The summed E-state index contributed by atoms with van der Waals surface area (Å²) in [6.07, 6.45) is 3.70. The number of nitrogens with two attached hydrogens (primary N) is 1. The summed E-state index contributed by atoms with van der Waals surface area (Å²) in [6.45, 7) is 4.35. The first kappa shape index (κ1) is 12.2. The number of hydrogen-bond donors (Lipinski definition) is 1. The molecule has 1 aromatic heterocycles. The van der Waals surface area contributed by atoms with E-state index in [1.807, 2.05) is 0 Å². The normalized spacial score (nSPS) is 10.7. The van der Waals surface area contributed by atoms with Crippen molar-refractivity contribution in [3.8, 4) is 11.1 Å². The van der Waals surface area contributed by atoms with E-state index in [0.717, 1.165) is 5.00 Å². The van der Waals surface area contributed by atoms with Crippen LogP contribution in [-0.4, -0.2) is 0 Å². The quantitative estimate of drug-likeness (QED) is 0.833. The maximum atomic E-state index is 5.83. The second-order valence-corrected chi connectivity index (χ2v) is 5.71. The minimum absolute atomic E-state index is 0.896. The Kier molecular flexibility index (Phi) is 3.85. The molecule has 2 aromatic rings. The SMILES string of the molecule is CCCCc1ccc(-c2cc(N)sc2C)cc1. The molecule has 1 nitrogen and oxygen atoms in total. The molecule has 2 heteroatoms. The fraction of sp³-hybridized carbons (Fsp3) is 0.333. The first-order chi connectivity index (χ1) is 8.20. The van der Waals surface area contributed by atoms with Gasteiger partial charge in [0.05, 0.1) is 5.00 Å². The predicted molar refractivity (Wildman–Crippen MR) is 77.5 cm³/mol. The maximum absolute atomic E-state index is 5.83. The third-order valence-corrected chi connectivity index (χ3v) is 3.90. The number of thiophene rings is 1. The monoisotopic (exact) mass is 245 g/mol. The highest BCUT2D eigenvalue weighted by molar-refractivity contribution is 7.16. The van der Waals surface area contributed by atoms with E-state index >= 15 is 0 Å². The molecule has 1 heterocycles. The molecule has 0 atom stereocenters. The van der Waals surface area contributed by atoms with Gasteiger partial charge in [-0.25, -0.2) is 0 Å². The van der Waals surface area contributed by atoms with E-state index in [1.54, 1.807) is 11.3 Å². The molecular weight excluding hydrogens is 226 g/mol. The summed E-state index contributed by atoms with van der Waals surface area (Å²) < 4.78 is 0. The Morgan fingerprint density at radius 3 is 2.41 bits per heavy atom. The molecule has 0 fully saturated rings. The second kappa shape index (κ2) is 5.37. The number of anilines is 1. The Morgan fingerprint density at radius 2 is 1.88 bits per heavy atom. The Balaban J connectivity index is 2.20. The smallest absolute Gasteiger partial charge is 0.0865 e. The molecule has 2 N–H and O–H groups in total. The van der Waals surface area contributed by atoms with Crippen molar-refractivity contribution in [1.82, 2.24) is 0 Å². The van der Waals surface area contributed by atoms with Crippen molar-refractivity contribution < 1.29 is 0 Å². The molecular formula is C15H19NS. The van der Waals surface area contributed by atoms with Gasteiger partial charge in [-0.05, 0) is 42.5 Å². The lowest BCUT2D eigenvalue weighted by atomic mass is 10.0. The van der Waals surface area contributed by atoms with Crippen molar-refractivity contribution >= 4 is 16.3 Å². The minimum atomic E-state index is 0.896. The molecule has 90 valence electrons. The first-order valence-corrected chi connectivity index (χ1v) is 6.97. The number of nitrogen functional groups attached to an aromatic ring is 1. The Morgan fingerprint density at radius 1 is 1.18 bits per heavy atom. The molecule has 0 saturated heterocycles. The van der Waals surface area contributed by atoms with E-state index in [4.69, 9.17) is 5.73 Å². The highest BCUT2D eigenvalue weighted by Crippen LogP contribution is 2.32. The summed E-state index contributed by atoms with van der Waals surface area (Å²) in [6, 6.07) is 11.0. The number of rotatable bonds is 4. The third kappa shape index (κ3) is 2.89. The summed E-state index contributed by atoms with van der Waals surface area (Å²) in [4.78, 5) is 1.30. The van der Waals surface area contributed by atoms with Gasteiger partial charge in [0, 0.05) is 4.88 Å². The van der Waals surface area contributed by atoms with E-state index in [-0.39, 0.29) is 0 Å². The van der Waals surface area contributed by atoms with Crippen LogP contribution >= 0.6 is 11.3 Å². The molecule has 0 aliphatic rings. The minimum Gasteiger partial charge on any atom is -0.391 e. The van der Waals surface area contributed by atoms with Crippen molar-refractivity contribution in [2.45, 2.75) is 33.1 Å². The van der Waals surface area contributed by atoms with Crippen LogP contribution in [0.15, 0.2) is 30.3 Å². The standard InChI is InChI=1S/C15H19NS/c1-3-4-5-12-6-8-13(9-7-12)14-10-15(16)17-11(14)2/h6-10H,3-5,16H2,1-2H3. The van der Waals surface area contributed by atoms with Crippen LogP contribution in [0.3, 0.4) is 0 Å². The highest BCUT2D eigenvalue weighted by atomic mass is 32.1. The van der Waals surface area contributed by atoms with Gasteiger partial charge < -0.3 is 5.73 Å². The van der Waals surface area contributed by atoms with Crippen LogP contribution in [0, 0.1) is 6.92 Å². The lowest BCUT2D eigenvalue weighted by molar-refractivity contribution is 0.795. The molecule has 0 aliphatic carbocycles. The predicted octanol–water partition coefficient (Wildman–Crippen LogP) is 4.65. The van der Waals surface area contributed by atoms with Crippen LogP contribution in [0.4, 0.5) is 5.00 Å². The first-order valence-electron chi connectivity index (χ1n) is 6.16. The van der Waals surface area contributed by atoms with Crippen LogP contribution in [-0.2, 0) is 6.42 Å². The van der Waals surface area contributed by atoms with Crippen LogP contribution in [0.25, 0.3) is 11.1 Å².